The van der Waals surface area contributed by atoms with E-state index in [1.807, 2.05) is 0 Å². The van der Waals surface area contributed by atoms with Crippen LogP contribution < -0.4 is 0 Å². The zero-order valence-electron chi connectivity index (χ0n) is 37.4. The minimum absolute atomic E-state index is 1.10. The molecule has 67 heavy (non-hydrogen) atoms. The quantitative estimate of drug-likeness (QED) is 0.164. The molecule has 0 aliphatic carbocycles. The second kappa shape index (κ2) is 15.5. The average molecular weight is 859 g/mol. The minimum atomic E-state index is 1.10. The summed E-state index contributed by atoms with van der Waals surface area (Å²) >= 11 is 0. The van der Waals surface area contributed by atoms with Crippen LogP contribution in [0.4, 0.5) is 0 Å². The van der Waals surface area contributed by atoms with Gasteiger partial charge in [0.1, 0.15) is 0 Å². The van der Waals surface area contributed by atoms with Crippen LogP contribution in [0.1, 0.15) is 20.3 Å². The lowest BCUT2D eigenvalue weighted by Crippen LogP contribution is -2.02. The molecule has 4 heterocycles. The van der Waals surface area contributed by atoms with Crippen molar-refractivity contribution in [2.45, 2.75) is 20.3 Å². The highest BCUT2D eigenvalue weighted by molar-refractivity contribution is 6.13. The second-order valence-electron chi connectivity index (χ2n) is 17.7. The first-order valence-electron chi connectivity index (χ1n) is 23.4. The molecule has 318 valence electrons. The number of benzene rings is 10. The maximum absolute atomic E-state index is 2.45. The van der Waals surface area contributed by atoms with Crippen LogP contribution in [0.3, 0.4) is 0 Å². The van der Waals surface area contributed by atoms with Crippen molar-refractivity contribution in [1.29, 1.82) is 0 Å². The molecule has 0 N–H and O–H groups in total. The lowest BCUT2D eigenvalue weighted by molar-refractivity contribution is 1.09. The van der Waals surface area contributed by atoms with Crippen molar-refractivity contribution in [1.82, 2.24) is 18.3 Å². The Labute approximate surface area is 388 Å². The summed E-state index contributed by atoms with van der Waals surface area (Å²) in [6.45, 7) is 4.25. The van der Waals surface area contributed by atoms with E-state index in [1.54, 1.807) is 0 Å². The number of nitrogens with zero attached hydrogens (tertiary/aromatic N) is 4. The molecular weight excluding hydrogens is 813 g/mol. The molecule has 0 unspecified atom stereocenters. The van der Waals surface area contributed by atoms with E-state index in [2.05, 4.69) is 263 Å². The van der Waals surface area contributed by atoms with Crippen molar-refractivity contribution < 1.29 is 0 Å². The Balaban J connectivity index is 0.00000145. The number of rotatable bonds is 5. The molecule has 0 saturated heterocycles. The number of hydrogen-bond donors (Lipinski definition) is 0. The van der Waals surface area contributed by atoms with Crippen molar-refractivity contribution in [3.05, 3.63) is 231 Å². The van der Waals surface area contributed by atoms with E-state index in [-0.39, 0.29) is 0 Å². The zero-order chi connectivity index (χ0) is 44.6. The van der Waals surface area contributed by atoms with Gasteiger partial charge in [0.25, 0.3) is 0 Å². The summed E-state index contributed by atoms with van der Waals surface area (Å²) in [7, 11) is 0. The Hall–Kier alpha value is -8.60. The van der Waals surface area contributed by atoms with Gasteiger partial charge in [-0.05, 0) is 96.1 Å². The molecule has 14 rings (SSSR count). The molecule has 4 heteroatoms. The molecule has 0 fully saturated rings. The maximum atomic E-state index is 2.45. The molecule has 0 spiro atoms. The van der Waals surface area contributed by atoms with Gasteiger partial charge in [0, 0.05) is 65.8 Å². The number of hydrogen-bond acceptors (Lipinski definition) is 0. The summed E-state index contributed by atoms with van der Waals surface area (Å²) in [5.41, 5.74) is 16.1. The highest BCUT2D eigenvalue weighted by atomic mass is 15.0. The molecule has 4 nitrogen and oxygen atoms in total. The van der Waals surface area contributed by atoms with E-state index >= 15 is 0 Å². The van der Waals surface area contributed by atoms with Gasteiger partial charge in [-0.2, -0.15) is 0 Å². The highest BCUT2D eigenvalue weighted by Crippen LogP contribution is 2.41. The zero-order valence-corrected chi connectivity index (χ0v) is 37.4. The summed E-state index contributed by atoms with van der Waals surface area (Å²) in [6.07, 6.45) is 1.25. The molecule has 0 bridgehead atoms. The van der Waals surface area contributed by atoms with Crippen LogP contribution in [0.25, 0.3) is 121 Å². The topological polar surface area (TPSA) is 19.7 Å². The lowest BCUT2D eigenvalue weighted by atomic mass is 10.0. The Kier molecular flexibility index (Phi) is 9.00. The van der Waals surface area contributed by atoms with E-state index in [9.17, 15) is 0 Å². The monoisotopic (exact) mass is 858 g/mol. The van der Waals surface area contributed by atoms with E-state index in [4.69, 9.17) is 0 Å². The van der Waals surface area contributed by atoms with Gasteiger partial charge in [0.05, 0.1) is 44.1 Å². The first kappa shape index (κ1) is 38.8. The van der Waals surface area contributed by atoms with Gasteiger partial charge in [0.15, 0.2) is 0 Å². The van der Waals surface area contributed by atoms with Crippen LogP contribution in [0.5, 0.6) is 0 Å². The fourth-order valence-corrected chi connectivity index (χ4v) is 10.8. The van der Waals surface area contributed by atoms with Gasteiger partial charge >= 0.3 is 0 Å². The molecule has 0 atom stereocenters. The Bertz CT molecular complexity index is 3480. The van der Waals surface area contributed by atoms with Gasteiger partial charge in [-0.25, -0.2) is 0 Å². The van der Waals surface area contributed by atoms with Crippen LogP contribution in [0.2, 0.25) is 0 Å². The fourth-order valence-electron chi connectivity index (χ4n) is 10.8. The number of aromatic nitrogens is 4. The molecule has 0 aliphatic rings. The van der Waals surface area contributed by atoms with Gasteiger partial charge < -0.3 is 18.3 Å². The van der Waals surface area contributed by atoms with Crippen LogP contribution in [0.15, 0.2) is 231 Å². The molecular formula is C63H46N4. The largest absolute Gasteiger partial charge is 0.309 e. The maximum Gasteiger partial charge on any atom is 0.0541 e. The third kappa shape index (κ3) is 6.00. The summed E-state index contributed by atoms with van der Waals surface area (Å²) in [4.78, 5) is 0. The number of para-hydroxylation sites is 8. The molecule has 0 aliphatic heterocycles. The summed E-state index contributed by atoms with van der Waals surface area (Å²) < 4.78 is 9.82. The lowest BCUT2D eigenvalue weighted by Gasteiger charge is -2.18. The van der Waals surface area contributed by atoms with Crippen LogP contribution in [0, 0.1) is 0 Å². The van der Waals surface area contributed by atoms with E-state index in [1.165, 1.54) is 93.6 Å². The summed E-state index contributed by atoms with van der Waals surface area (Å²) in [5, 5.41) is 9.92. The van der Waals surface area contributed by atoms with E-state index < -0.39 is 0 Å². The van der Waals surface area contributed by atoms with E-state index in [0.29, 0.717) is 0 Å². The minimum Gasteiger partial charge on any atom is -0.309 e. The molecule has 0 amide bonds. The van der Waals surface area contributed by atoms with Crippen LogP contribution in [-0.2, 0) is 0 Å². The third-order valence-corrected chi connectivity index (χ3v) is 13.5. The normalized spacial score (nSPS) is 11.8. The van der Waals surface area contributed by atoms with Crippen molar-refractivity contribution in [3.63, 3.8) is 0 Å². The Morgan fingerprint density at radius 2 is 0.373 bits per heavy atom. The molecule has 14 aromatic rings. The first-order chi connectivity index (χ1) is 33.2. The predicted octanol–water partition coefficient (Wildman–Crippen LogP) is 17.2. The predicted molar refractivity (Wildman–Crippen MR) is 285 cm³/mol. The van der Waals surface area contributed by atoms with Crippen molar-refractivity contribution in [2.24, 2.45) is 0 Å². The molecule has 0 radical (unpaired) electrons. The smallest absolute Gasteiger partial charge is 0.0541 e. The van der Waals surface area contributed by atoms with Gasteiger partial charge in [-0.3, -0.25) is 0 Å². The summed E-state index contributed by atoms with van der Waals surface area (Å²) in [6, 6.07) is 84.8. The molecule has 0 saturated carbocycles. The van der Waals surface area contributed by atoms with Crippen molar-refractivity contribution in [2.75, 3.05) is 0 Å². The van der Waals surface area contributed by atoms with Crippen LogP contribution >= 0.6 is 0 Å². The highest BCUT2D eigenvalue weighted by Gasteiger charge is 2.21. The fraction of sp³-hybridized carbons (Fsp3) is 0.0476. The Morgan fingerprint density at radius 3 is 0.537 bits per heavy atom. The van der Waals surface area contributed by atoms with Crippen molar-refractivity contribution in [3.8, 4) is 33.9 Å². The summed E-state index contributed by atoms with van der Waals surface area (Å²) in [5.74, 6) is 0. The Morgan fingerprint density at radius 1 is 0.224 bits per heavy atom. The average Bonchev–Trinajstić information content (AvgIpc) is 4.12. The van der Waals surface area contributed by atoms with E-state index in [0.717, 1.165) is 33.9 Å². The molecule has 10 aromatic carbocycles. The van der Waals surface area contributed by atoms with Gasteiger partial charge in [-0.15, -0.1) is 0 Å². The van der Waals surface area contributed by atoms with Crippen molar-refractivity contribution >= 4 is 87.2 Å². The van der Waals surface area contributed by atoms with Crippen LogP contribution in [-0.4, -0.2) is 18.3 Å². The molecule has 4 aromatic heterocycles. The standard InChI is InChI=1S/C60H38N4.C3H8/c1-9-25-53-45(17-1)46-18-2-10-26-54(46)61(53)41-33-39(34-42(37-41)62-55-27-11-3-19-47(55)48-20-4-12-28-56(48)62)40-35-43(63-57-29-13-5-21-49(57)50-22-6-14-30-58(50)63)38-44(36-40)64-59-31-15-7-23-51(59)52-24-8-16-32-60(52)64;1-3-2/h1-38H;3H2,1-2H3. The van der Waals surface area contributed by atoms with Gasteiger partial charge in [0.2, 0.25) is 0 Å². The second-order valence-corrected chi connectivity index (χ2v) is 17.7. The third-order valence-electron chi connectivity index (χ3n) is 13.5. The number of fused-ring (bicyclic) bond motifs is 12. The van der Waals surface area contributed by atoms with Gasteiger partial charge in [-0.1, -0.05) is 166 Å². The first-order valence-corrected chi connectivity index (χ1v) is 23.4. The SMILES string of the molecule is CCC.c1ccc2c(c1)c1ccccc1n2-c1cc(-c2cc(-n3c4ccccc4c4ccccc43)cc(-n3c4ccccc4c4ccccc43)c2)cc(-n2c3ccccc3c3ccccc32)c1.